The van der Waals surface area contributed by atoms with Crippen molar-refractivity contribution in [3.05, 3.63) is 75.2 Å². The van der Waals surface area contributed by atoms with E-state index < -0.39 is 18.5 Å². The normalized spacial score (nSPS) is 11.0. The molecule has 0 aliphatic heterocycles. The number of hydrogen-bond donors (Lipinski definition) is 1. The fourth-order valence-corrected chi connectivity index (χ4v) is 3.67. The molecule has 0 bridgehead atoms. The van der Waals surface area contributed by atoms with Crippen molar-refractivity contribution in [3.63, 3.8) is 0 Å². The number of aromatic nitrogens is 2. The van der Waals surface area contributed by atoms with Gasteiger partial charge in [0.1, 0.15) is 17.4 Å². The number of aryl methyl sites for hydroxylation is 1. The van der Waals surface area contributed by atoms with Crippen molar-refractivity contribution in [2.75, 3.05) is 19.0 Å². The molecule has 1 N–H and O–H groups in total. The predicted molar refractivity (Wildman–Crippen MR) is 129 cm³/mol. The van der Waals surface area contributed by atoms with Crippen LogP contribution in [-0.4, -0.2) is 35.1 Å². The molecule has 0 radical (unpaired) electrons. The lowest BCUT2D eigenvalue weighted by molar-refractivity contribution is -0.142. The van der Waals surface area contributed by atoms with Crippen LogP contribution in [0.1, 0.15) is 17.0 Å². The second-order valence-corrected chi connectivity index (χ2v) is 7.98. The molecule has 3 rings (SSSR count). The maximum atomic E-state index is 12.4. The van der Waals surface area contributed by atoms with E-state index in [9.17, 15) is 14.9 Å². The van der Waals surface area contributed by atoms with Crippen LogP contribution in [0, 0.1) is 25.2 Å². The molecule has 34 heavy (non-hydrogen) atoms. The predicted octanol–water partition coefficient (Wildman–Crippen LogP) is 4.89. The van der Waals surface area contributed by atoms with E-state index in [-0.39, 0.29) is 16.4 Å². The van der Waals surface area contributed by atoms with Crippen LogP contribution in [0.2, 0.25) is 10.0 Å². The van der Waals surface area contributed by atoms with E-state index in [0.29, 0.717) is 10.6 Å². The van der Waals surface area contributed by atoms with Gasteiger partial charge in [-0.15, -0.1) is 0 Å². The maximum Gasteiger partial charge on any atom is 0.349 e. The molecule has 0 saturated heterocycles. The van der Waals surface area contributed by atoms with Gasteiger partial charge in [0.15, 0.2) is 12.4 Å². The van der Waals surface area contributed by atoms with Gasteiger partial charge in [-0.1, -0.05) is 23.2 Å². The molecule has 2 heterocycles. The highest BCUT2D eigenvalue weighted by Gasteiger charge is 2.17. The number of carbonyl (C=O) groups is 2. The molecule has 1 amide bonds. The van der Waals surface area contributed by atoms with E-state index in [2.05, 4.69) is 10.3 Å². The molecule has 3 aromatic rings. The van der Waals surface area contributed by atoms with Crippen LogP contribution < -0.4 is 10.1 Å². The van der Waals surface area contributed by atoms with Crippen molar-refractivity contribution in [1.29, 1.82) is 5.26 Å². The number of methoxy groups -OCH3 is 1. The average molecular weight is 499 g/mol. The standard InChI is InChI=1S/C24H20Cl2N4O4/c1-14-8-16(15(2)30(14)19-4-6-20(33-3)7-5-19)9-17(11-27)24(32)34-13-22(31)29-23-21(26)10-18(25)12-28-23/h4-10,12H,13H2,1-3H3,(H,28,29,31)/b17-9+. The number of anilines is 1. The van der Waals surface area contributed by atoms with Gasteiger partial charge in [0.2, 0.25) is 0 Å². The van der Waals surface area contributed by atoms with Gasteiger partial charge >= 0.3 is 5.97 Å². The molecule has 0 aliphatic rings. The molecule has 0 fully saturated rings. The molecule has 174 valence electrons. The molecule has 1 aromatic carbocycles. The molecule has 10 heteroatoms. The molecule has 2 aromatic heterocycles. The Morgan fingerprint density at radius 3 is 2.53 bits per heavy atom. The fourth-order valence-electron chi connectivity index (χ4n) is 3.24. The van der Waals surface area contributed by atoms with Crippen molar-refractivity contribution in [2.45, 2.75) is 13.8 Å². The number of carbonyl (C=O) groups excluding carboxylic acids is 2. The summed E-state index contributed by atoms with van der Waals surface area (Å²) in [5.74, 6) is -0.782. The zero-order chi connectivity index (χ0) is 24.8. The van der Waals surface area contributed by atoms with Crippen LogP contribution in [0.5, 0.6) is 5.75 Å². The van der Waals surface area contributed by atoms with Gasteiger partial charge in [-0.05, 0) is 61.9 Å². The van der Waals surface area contributed by atoms with Crippen molar-refractivity contribution in [2.24, 2.45) is 0 Å². The lowest BCUT2D eigenvalue weighted by Crippen LogP contribution is -2.22. The Hall–Kier alpha value is -3.80. The highest BCUT2D eigenvalue weighted by atomic mass is 35.5. The molecule has 8 nitrogen and oxygen atoms in total. The number of rotatable bonds is 7. The summed E-state index contributed by atoms with van der Waals surface area (Å²) in [6.45, 7) is 3.17. The van der Waals surface area contributed by atoms with Crippen LogP contribution in [0.25, 0.3) is 11.8 Å². The van der Waals surface area contributed by atoms with Crippen LogP contribution in [0.4, 0.5) is 5.82 Å². The number of nitriles is 1. The first-order valence-corrected chi connectivity index (χ1v) is 10.7. The summed E-state index contributed by atoms with van der Waals surface area (Å²) in [5, 5.41) is 12.3. The first-order valence-electron chi connectivity index (χ1n) is 9.96. The summed E-state index contributed by atoms with van der Waals surface area (Å²) in [6.07, 6.45) is 2.74. The quantitative estimate of drug-likeness (QED) is 0.282. The van der Waals surface area contributed by atoms with Gasteiger partial charge in [0.25, 0.3) is 5.91 Å². The first-order chi connectivity index (χ1) is 16.2. The van der Waals surface area contributed by atoms with E-state index in [1.54, 1.807) is 7.11 Å². The third-order valence-corrected chi connectivity index (χ3v) is 5.34. The zero-order valence-corrected chi connectivity index (χ0v) is 20.1. The van der Waals surface area contributed by atoms with Gasteiger partial charge in [-0.25, -0.2) is 9.78 Å². The number of nitrogens with one attached hydrogen (secondary N) is 1. The van der Waals surface area contributed by atoms with Crippen molar-refractivity contribution < 1.29 is 19.1 Å². The van der Waals surface area contributed by atoms with Crippen molar-refractivity contribution >= 4 is 47.0 Å². The first kappa shape index (κ1) is 24.8. The van der Waals surface area contributed by atoms with Crippen LogP contribution in [0.15, 0.2) is 48.2 Å². The number of halogens is 2. The average Bonchev–Trinajstić information content (AvgIpc) is 3.10. The highest BCUT2D eigenvalue weighted by Crippen LogP contribution is 2.25. The smallest absolute Gasteiger partial charge is 0.349 e. The Labute approximate surface area is 206 Å². The number of amides is 1. The lowest BCUT2D eigenvalue weighted by Gasteiger charge is -2.10. The molecule has 0 aliphatic carbocycles. The molecule has 0 saturated carbocycles. The van der Waals surface area contributed by atoms with E-state index >= 15 is 0 Å². The second kappa shape index (κ2) is 10.9. The Morgan fingerprint density at radius 1 is 1.21 bits per heavy atom. The topological polar surface area (TPSA) is 106 Å². The Kier molecular flexibility index (Phi) is 7.95. The zero-order valence-electron chi connectivity index (χ0n) is 18.6. The minimum Gasteiger partial charge on any atom is -0.497 e. The monoisotopic (exact) mass is 498 g/mol. The largest absolute Gasteiger partial charge is 0.497 e. The summed E-state index contributed by atoms with van der Waals surface area (Å²) in [5.41, 5.74) is 3.06. The SMILES string of the molecule is COc1ccc(-n2c(C)cc(/C=C(\C#N)C(=O)OCC(=O)Nc3ncc(Cl)cc3Cl)c2C)cc1. The fraction of sp³-hybridized carbons (Fsp3) is 0.167. The minimum absolute atomic E-state index is 0.0779. The van der Waals surface area contributed by atoms with Gasteiger partial charge in [0.05, 0.1) is 17.2 Å². The Bertz CT molecular complexity index is 1310. The number of hydrogen-bond acceptors (Lipinski definition) is 6. The maximum absolute atomic E-state index is 12.4. The van der Waals surface area contributed by atoms with Gasteiger partial charge < -0.3 is 19.4 Å². The molecule has 0 atom stereocenters. The van der Waals surface area contributed by atoms with Gasteiger partial charge in [-0.2, -0.15) is 5.26 Å². The van der Waals surface area contributed by atoms with Crippen LogP contribution in [0.3, 0.4) is 0 Å². The van der Waals surface area contributed by atoms with Crippen molar-refractivity contribution in [3.8, 4) is 17.5 Å². The minimum atomic E-state index is -0.929. The summed E-state index contributed by atoms with van der Waals surface area (Å²) >= 11 is 11.7. The van der Waals surface area contributed by atoms with E-state index in [0.717, 1.165) is 22.8 Å². The number of ether oxygens (including phenoxy) is 2. The number of benzene rings is 1. The molecular weight excluding hydrogens is 479 g/mol. The highest BCUT2D eigenvalue weighted by molar-refractivity contribution is 6.36. The number of pyridine rings is 1. The van der Waals surface area contributed by atoms with E-state index in [4.69, 9.17) is 32.7 Å². The summed E-state index contributed by atoms with van der Waals surface area (Å²) in [6, 6.07) is 12.6. The third kappa shape index (κ3) is 5.76. The Morgan fingerprint density at radius 2 is 1.91 bits per heavy atom. The van der Waals surface area contributed by atoms with Crippen LogP contribution in [-0.2, 0) is 14.3 Å². The van der Waals surface area contributed by atoms with Gasteiger partial charge in [0, 0.05) is 23.3 Å². The lowest BCUT2D eigenvalue weighted by atomic mass is 10.1. The molecule has 0 unspecified atom stereocenters. The third-order valence-electron chi connectivity index (χ3n) is 4.84. The number of esters is 1. The van der Waals surface area contributed by atoms with Gasteiger partial charge in [-0.3, -0.25) is 4.79 Å². The van der Waals surface area contributed by atoms with E-state index in [1.807, 2.05) is 54.8 Å². The number of nitrogens with zero attached hydrogens (tertiary/aromatic N) is 3. The molecule has 0 spiro atoms. The second-order valence-electron chi connectivity index (χ2n) is 7.14. The summed E-state index contributed by atoms with van der Waals surface area (Å²) in [4.78, 5) is 28.4. The van der Waals surface area contributed by atoms with Crippen LogP contribution >= 0.6 is 23.2 Å². The van der Waals surface area contributed by atoms with Crippen molar-refractivity contribution in [1.82, 2.24) is 9.55 Å². The Balaban J connectivity index is 1.72. The summed E-state index contributed by atoms with van der Waals surface area (Å²) < 4.78 is 12.2. The van der Waals surface area contributed by atoms with E-state index in [1.165, 1.54) is 18.3 Å². The molecular formula is C24H20Cl2N4O4. The summed E-state index contributed by atoms with van der Waals surface area (Å²) in [7, 11) is 1.60.